The molecule has 1 fully saturated rings. The van der Waals surface area contributed by atoms with E-state index in [0.29, 0.717) is 0 Å². The van der Waals surface area contributed by atoms with Gasteiger partial charge in [0, 0.05) is 0 Å². The average Bonchev–Trinajstić information content (AvgIpc) is 1.98. The third-order valence-electron chi connectivity index (χ3n) is 1.47. The second-order valence-corrected chi connectivity index (χ2v) is 2.20. The number of cyclic esters (lactones) is 1. The van der Waals surface area contributed by atoms with Crippen molar-refractivity contribution in [3.63, 3.8) is 0 Å². The molecule has 0 saturated carbocycles. The first-order valence-electron chi connectivity index (χ1n) is 2.87. The molecule has 3 nitrogen and oxygen atoms in total. The normalized spacial score (nSPS) is 34.9. The minimum atomic E-state index is -0.542. The largest absolute Gasteiger partial charge is 0.454 e. The first-order valence-corrected chi connectivity index (χ1v) is 2.87. The maximum Gasteiger partial charge on any atom is 0.317 e. The highest BCUT2D eigenvalue weighted by atomic mass is 16.6. The van der Waals surface area contributed by atoms with Crippen molar-refractivity contribution in [1.29, 1.82) is 0 Å². The van der Waals surface area contributed by atoms with Gasteiger partial charge in [0.2, 0.25) is 0 Å². The monoisotopic (exact) mass is 128 g/mol. The van der Waals surface area contributed by atoms with E-state index in [4.69, 9.17) is 0 Å². The van der Waals surface area contributed by atoms with E-state index in [1.165, 1.54) is 0 Å². The molecule has 0 spiro atoms. The Bertz CT molecular complexity index is 162. The van der Waals surface area contributed by atoms with Gasteiger partial charge < -0.3 is 4.74 Å². The molecular weight excluding hydrogens is 120 g/mol. The fourth-order valence-electron chi connectivity index (χ4n) is 0.803. The number of esters is 1. The molecule has 2 atom stereocenters. The van der Waals surface area contributed by atoms with Crippen LogP contribution in [0.4, 0.5) is 0 Å². The van der Waals surface area contributed by atoms with Crippen molar-refractivity contribution < 1.29 is 14.3 Å². The van der Waals surface area contributed by atoms with E-state index in [1.54, 1.807) is 13.8 Å². The molecular formula is C6H8O3. The van der Waals surface area contributed by atoms with Crippen LogP contribution in [0.25, 0.3) is 0 Å². The quantitative estimate of drug-likeness (QED) is 0.344. The molecule has 1 rings (SSSR count). The minimum absolute atomic E-state index is 0.111. The van der Waals surface area contributed by atoms with Crippen molar-refractivity contribution in [1.82, 2.24) is 0 Å². The molecule has 1 saturated heterocycles. The molecule has 0 amide bonds. The Hall–Kier alpha value is -0.860. The third-order valence-corrected chi connectivity index (χ3v) is 1.47. The Morgan fingerprint density at radius 2 is 1.89 bits per heavy atom. The lowest BCUT2D eigenvalue weighted by Crippen LogP contribution is -2.14. The van der Waals surface area contributed by atoms with Crippen LogP contribution < -0.4 is 0 Å². The lowest BCUT2D eigenvalue weighted by atomic mass is 10.1. The topological polar surface area (TPSA) is 43.4 Å². The molecule has 9 heavy (non-hydrogen) atoms. The van der Waals surface area contributed by atoms with Gasteiger partial charge in [-0.05, 0) is 13.8 Å². The maximum absolute atomic E-state index is 10.8. The van der Waals surface area contributed by atoms with Crippen molar-refractivity contribution >= 4 is 11.8 Å². The summed E-state index contributed by atoms with van der Waals surface area (Å²) in [6.07, 6.45) is -0.521. The number of carbonyl (C=O) groups excluding carboxylic acids is 2. The molecule has 50 valence electrons. The third kappa shape index (κ3) is 0.823. The Balaban J connectivity index is 2.77. The molecule has 0 N–H and O–H groups in total. The number of hydrogen-bond acceptors (Lipinski definition) is 3. The van der Waals surface area contributed by atoms with Gasteiger partial charge in [-0.1, -0.05) is 0 Å². The fraction of sp³-hybridized carbons (Fsp3) is 0.667. The molecule has 0 aromatic rings. The van der Waals surface area contributed by atoms with Gasteiger partial charge >= 0.3 is 5.97 Å². The summed E-state index contributed by atoms with van der Waals surface area (Å²) in [5.74, 6) is -1.05. The minimum Gasteiger partial charge on any atom is -0.454 e. The van der Waals surface area contributed by atoms with E-state index in [1.807, 2.05) is 0 Å². The lowest BCUT2D eigenvalue weighted by Gasteiger charge is -1.94. The lowest BCUT2D eigenvalue weighted by molar-refractivity contribution is -0.143. The molecule has 0 radical (unpaired) electrons. The number of carbonyl (C=O) groups is 2. The zero-order valence-electron chi connectivity index (χ0n) is 5.38. The summed E-state index contributed by atoms with van der Waals surface area (Å²) in [5.41, 5.74) is 0. The highest BCUT2D eigenvalue weighted by Crippen LogP contribution is 2.15. The Morgan fingerprint density at radius 1 is 1.33 bits per heavy atom. The molecule has 0 bridgehead atoms. The van der Waals surface area contributed by atoms with Crippen molar-refractivity contribution in [3.8, 4) is 0 Å². The summed E-state index contributed by atoms with van der Waals surface area (Å²) >= 11 is 0. The van der Waals surface area contributed by atoms with E-state index in [9.17, 15) is 9.59 Å². The van der Waals surface area contributed by atoms with Crippen LogP contribution in [0.1, 0.15) is 13.8 Å². The summed E-state index contributed by atoms with van der Waals surface area (Å²) in [7, 11) is 0. The summed E-state index contributed by atoms with van der Waals surface area (Å²) in [5, 5.41) is 0. The highest BCUT2D eigenvalue weighted by molar-refractivity contribution is 6.05. The molecule has 1 heterocycles. The predicted molar refractivity (Wildman–Crippen MR) is 29.7 cm³/mol. The van der Waals surface area contributed by atoms with Gasteiger partial charge in [0.1, 0.15) is 5.92 Å². The average molecular weight is 128 g/mol. The maximum atomic E-state index is 10.8. The second kappa shape index (κ2) is 1.83. The molecule has 3 heteroatoms. The van der Waals surface area contributed by atoms with Gasteiger partial charge in [-0.3, -0.25) is 9.59 Å². The Kier molecular flexibility index (Phi) is 1.27. The van der Waals surface area contributed by atoms with Gasteiger partial charge in [-0.15, -0.1) is 0 Å². The van der Waals surface area contributed by atoms with Crippen LogP contribution in [0.2, 0.25) is 0 Å². The Morgan fingerprint density at radius 3 is 2.00 bits per heavy atom. The van der Waals surface area contributed by atoms with Gasteiger partial charge in [0.25, 0.3) is 0 Å². The summed E-state index contributed by atoms with van der Waals surface area (Å²) < 4.78 is 4.60. The molecule has 0 aliphatic carbocycles. The number of ether oxygens (including phenoxy) is 1. The van der Waals surface area contributed by atoms with Crippen LogP contribution >= 0.6 is 0 Å². The molecule has 1 aliphatic heterocycles. The number of Topliss-reactive ketones (excluding diaryl/α,β-unsaturated/α-hetero) is 1. The molecule has 0 aromatic heterocycles. The van der Waals surface area contributed by atoms with Crippen LogP contribution in [0.5, 0.6) is 0 Å². The van der Waals surface area contributed by atoms with Crippen molar-refractivity contribution in [3.05, 3.63) is 0 Å². The first-order chi connectivity index (χ1) is 4.13. The van der Waals surface area contributed by atoms with E-state index in [-0.39, 0.29) is 5.78 Å². The summed E-state index contributed by atoms with van der Waals surface area (Å²) in [6.45, 7) is 3.15. The van der Waals surface area contributed by atoms with Crippen molar-refractivity contribution in [2.24, 2.45) is 5.92 Å². The van der Waals surface area contributed by atoms with E-state index in [0.717, 1.165) is 0 Å². The van der Waals surface area contributed by atoms with Crippen molar-refractivity contribution in [2.75, 3.05) is 0 Å². The van der Waals surface area contributed by atoms with Crippen LogP contribution in [0.15, 0.2) is 0 Å². The van der Waals surface area contributed by atoms with E-state index >= 15 is 0 Å². The molecule has 0 aromatic carbocycles. The van der Waals surface area contributed by atoms with Gasteiger partial charge in [0.05, 0.1) is 0 Å². The number of hydrogen-bond donors (Lipinski definition) is 0. The SMILES string of the molecule is C[C@H]1C(=O)O[C@H](C)C1=O. The first kappa shape index (κ1) is 6.26. The fourth-order valence-corrected chi connectivity index (χ4v) is 0.803. The van der Waals surface area contributed by atoms with Gasteiger partial charge in [-0.25, -0.2) is 0 Å². The van der Waals surface area contributed by atoms with E-state index in [2.05, 4.69) is 4.74 Å². The zero-order chi connectivity index (χ0) is 7.02. The number of ketones is 1. The standard InChI is InChI=1S/C6H8O3/c1-3-5(7)4(2)9-6(3)8/h3-4H,1-2H3/t3-,4-/m1/s1. The molecule has 1 aliphatic rings. The Labute approximate surface area is 53.0 Å². The van der Waals surface area contributed by atoms with Crippen LogP contribution in [-0.2, 0) is 14.3 Å². The second-order valence-electron chi connectivity index (χ2n) is 2.20. The van der Waals surface area contributed by atoms with Crippen LogP contribution in [0.3, 0.4) is 0 Å². The van der Waals surface area contributed by atoms with Gasteiger partial charge in [-0.2, -0.15) is 0 Å². The smallest absolute Gasteiger partial charge is 0.317 e. The van der Waals surface area contributed by atoms with Crippen LogP contribution in [-0.4, -0.2) is 17.9 Å². The van der Waals surface area contributed by atoms with Gasteiger partial charge in [0.15, 0.2) is 11.9 Å². The summed E-state index contributed by atoms with van der Waals surface area (Å²) in [6, 6.07) is 0. The van der Waals surface area contributed by atoms with E-state index < -0.39 is 18.0 Å². The highest BCUT2D eigenvalue weighted by Gasteiger charge is 2.36. The molecule has 0 unspecified atom stereocenters. The summed E-state index contributed by atoms with van der Waals surface area (Å²) in [4.78, 5) is 21.3. The van der Waals surface area contributed by atoms with Crippen LogP contribution in [0, 0.1) is 5.92 Å². The predicted octanol–water partition coefficient (Wildman–Crippen LogP) is 0.137. The number of rotatable bonds is 0. The van der Waals surface area contributed by atoms with Crippen molar-refractivity contribution in [2.45, 2.75) is 20.0 Å². The zero-order valence-corrected chi connectivity index (χ0v) is 5.38.